The lowest BCUT2D eigenvalue weighted by atomic mass is 10.1. The van der Waals surface area contributed by atoms with Crippen LogP contribution in [0.4, 0.5) is 4.79 Å². The van der Waals surface area contributed by atoms with Crippen molar-refractivity contribution in [2.24, 2.45) is 0 Å². The molecular formula is C17H16Cl4N2O4. The Morgan fingerprint density at radius 2 is 1.44 bits per heavy atom. The Bertz CT molecular complexity index is 819. The van der Waals surface area contributed by atoms with Crippen LogP contribution in [0.25, 0.3) is 0 Å². The van der Waals surface area contributed by atoms with Crippen molar-refractivity contribution >= 4 is 64.3 Å². The predicted molar refractivity (Wildman–Crippen MR) is 103 cm³/mol. The maximum atomic E-state index is 13.0. The first-order valence-corrected chi connectivity index (χ1v) is 9.70. The van der Waals surface area contributed by atoms with E-state index in [1.807, 2.05) is 0 Å². The number of ether oxygens (including phenoxy) is 1. The summed E-state index contributed by atoms with van der Waals surface area (Å²) in [4.78, 5) is 40.8. The molecule has 6 nitrogen and oxygen atoms in total. The van der Waals surface area contributed by atoms with Gasteiger partial charge < -0.3 is 4.74 Å². The van der Waals surface area contributed by atoms with Crippen molar-refractivity contribution in [1.29, 1.82) is 0 Å². The smallest absolute Gasteiger partial charge is 0.411 e. The second-order valence-electron chi connectivity index (χ2n) is 7.28. The minimum Gasteiger partial charge on any atom is -0.444 e. The molecule has 0 aromatic heterocycles. The van der Waals surface area contributed by atoms with Crippen LogP contribution in [0, 0.1) is 0 Å². The molecule has 2 aliphatic heterocycles. The predicted octanol–water partition coefficient (Wildman–Crippen LogP) is 5.25. The van der Waals surface area contributed by atoms with Gasteiger partial charge in [0.05, 0.1) is 31.2 Å². The fourth-order valence-electron chi connectivity index (χ4n) is 3.19. The first-order chi connectivity index (χ1) is 12.5. The standard InChI is InChI=1S/C17H16Cl4N2O4/c1-17(2,3)27-16(26)22-6-4-5-7(22)23-14(24)8-9(15(23)25)11(19)13(21)12(20)10(8)18/h7H,4-6H2,1-3H3. The summed E-state index contributed by atoms with van der Waals surface area (Å²) in [5, 5.41) is -0.464. The first-order valence-electron chi connectivity index (χ1n) is 8.19. The summed E-state index contributed by atoms with van der Waals surface area (Å²) in [6.07, 6.45) is -0.367. The third-order valence-corrected chi connectivity index (χ3v) is 6.08. The van der Waals surface area contributed by atoms with Crippen molar-refractivity contribution < 1.29 is 19.1 Å². The van der Waals surface area contributed by atoms with Crippen LogP contribution in [0.3, 0.4) is 0 Å². The summed E-state index contributed by atoms with van der Waals surface area (Å²) >= 11 is 24.4. The van der Waals surface area contributed by atoms with Crippen LogP contribution in [0.5, 0.6) is 0 Å². The largest absolute Gasteiger partial charge is 0.444 e. The van der Waals surface area contributed by atoms with Gasteiger partial charge in [-0.3, -0.25) is 19.4 Å². The molecule has 27 heavy (non-hydrogen) atoms. The maximum Gasteiger partial charge on any atom is 0.411 e. The second kappa shape index (κ2) is 6.99. The molecule has 2 aliphatic rings. The molecule has 0 aliphatic carbocycles. The zero-order valence-electron chi connectivity index (χ0n) is 14.7. The summed E-state index contributed by atoms with van der Waals surface area (Å²) in [7, 11) is 0. The monoisotopic (exact) mass is 452 g/mol. The lowest BCUT2D eigenvalue weighted by molar-refractivity contribution is 0.00582. The number of rotatable bonds is 1. The molecule has 0 spiro atoms. The summed E-state index contributed by atoms with van der Waals surface area (Å²) in [6.45, 7) is 5.57. The fraction of sp³-hybridized carbons (Fsp3) is 0.471. The molecule has 3 rings (SSSR count). The van der Waals surface area contributed by atoms with Crippen molar-refractivity contribution in [3.63, 3.8) is 0 Å². The Morgan fingerprint density at radius 3 is 1.89 bits per heavy atom. The summed E-state index contributed by atoms with van der Waals surface area (Å²) in [6, 6.07) is 0. The van der Waals surface area contributed by atoms with Gasteiger partial charge in [0.15, 0.2) is 0 Å². The van der Waals surface area contributed by atoms with Crippen LogP contribution in [0.2, 0.25) is 20.1 Å². The minimum atomic E-state index is -0.795. The average Bonchev–Trinajstić information content (AvgIpc) is 3.12. The molecule has 1 aromatic rings. The molecule has 1 atom stereocenters. The third-order valence-electron chi connectivity index (χ3n) is 4.28. The van der Waals surface area contributed by atoms with Gasteiger partial charge in [0.1, 0.15) is 11.8 Å². The van der Waals surface area contributed by atoms with Crippen LogP contribution in [-0.2, 0) is 4.74 Å². The van der Waals surface area contributed by atoms with Gasteiger partial charge in [-0.1, -0.05) is 46.4 Å². The van der Waals surface area contributed by atoms with Crippen molar-refractivity contribution in [2.75, 3.05) is 6.54 Å². The number of fused-ring (bicyclic) bond motifs is 1. The number of carbonyl (C=O) groups is 3. The quantitative estimate of drug-likeness (QED) is 0.330. The van der Waals surface area contributed by atoms with E-state index in [0.29, 0.717) is 19.4 Å². The van der Waals surface area contributed by atoms with Crippen LogP contribution in [-0.4, -0.2) is 46.0 Å². The Morgan fingerprint density at radius 1 is 0.963 bits per heavy atom. The third kappa shape index (κ3) is 3.37. The molecule has 1 aromatic carbocycles. The molecule has 1 unspecified atom stereocenters. The average molecular weight is 454 g/mol. The number of benzene rings is 1. The van der Waals surface area contributed by atoms with Gasteiger partial charge in [0, 0.05) is 6.54 Å². The van der Waals surface area contributed by atoms with Gasteiger partial charge in [0.2, 0.25) is 0 Å². The summed E-state index contributed by atoms with van der Waals surface area (Å²) < 4.78 is 5.39. The SMILES string of the molecule is CC(C)(C)OC(=O)N1CCCC1N1C(=O)c2c(Cl)c(Cl)c(Cl)c(Cl)c2C1=O. The van der Waals surface area contributed by atoms with Gasteiger partial charge >= 0.3 is 6.09 Å². The lowest BCUT2D eigenvalue weighted by Gasteiger charge is -2.32. The number of imide groups is 1. The number of amides is 3. The molecule has 0 saturated carbocycles. The summed E-state index contributed by atoms with van der Waals surface area (Å²) in [5.41, 5.74) is -0.908. The van der Waals surface area contributed by atoms with Crippen LogP contribution >= 0.6 is 46.4 Å². The maximum absolute atomic E-state index is 13.0. The minimum absolute atomic E-state index is 0.0968. The Labute approximate surface area is 176 Å². The van der Waals surface area contributed by atoms with Crippen LogP contribution in [0.15, 0.2) is 0 Å². The van der Waals surface area contributed by atoms with Gasteiger partial charge in [-0.2, -0.15) is 0 Å². The molecule has 1 fully saturated rings. The topological polar surface area (TPSA) is 66.9 Å². The highest BCUT2D eigenvalue weighted by Gasteiger charge is 2.48. The van der Waals surface area contributed by atoms with E-state index in [2.05, 4.69) is 0 Å². The lowest BCUT2D eigenvalue weighted by Crippen LogP contribution is -2.51. The molecule has 1 saturated heterocycles. The summed E-state index contributed by atoms with van der Waals surface area (Å²) in [5.74, 6) is -1.33. The number of hydrogen-bond acceptors (Lipinski definition) is 4. The van der Waals surface area contributed by atoms with E-state index in [1.165, 1.54) is 4.90 Å². The number of nitrogens with zero attached hydrogens (tertiary/aromatic N) is 2. The Kier molecular flexibility index (Phi) is 5.32. The number of hydrogen-bond donors (Lipinski definition) is 0. The van der Waals surface area contributed by atoms with Crippen LogP contribution in [0.1, 0.15) is 54.3 Å². The van der Waals surface area contributed by atoms with E-state index in [-0.39, 0.29) is 31.2 Å². The molecule has 0 N–H and O–H groups in total. The molecule has 10 heteroatoms. The van der Waals surface area contributed by atoms with Gasteiger partial charge in [-0.05, 0) is 33.6 Å². The number of halogens is 4. The van der Waals surface area contributed by atoms with Gasteiger partial charge in [-0.25, -0.2) is 4.79 Å². The Balaban J connectivity index is 2.00. The van der Waals surface area contributed by atoms with Gasteiger partial charge in [0.25, 0.3) is 11.8 Å². The molecule has 0 radical (unpaired) electrons. The highest BCUT2D eigenvalue weighted by Crippen LogP contribution is 2.46. The van der Waals surface area contributed by atoms with Crippen molar-refractivity contribution in [1.82, 2.24) is 9.80 Å². The number of carbonyl (C=O) groups excluding carboxylic acids is 3. The molecule has 0 bridgehead atoms. The van der Waals surface area contributed by atoms with E-state index in [1.54, 1.807) is 20.8 Å². The molecule has 146 valence electrons. The molecule has 3 amide bonds. The number of likely N-dealkylation sites (tertiary alicyclic amines) is 1. The van der Waals surface area contributed by atoms with E-state index < -0.39 is 29.7 Å². The van der Waals surface area contributed by atoms with E-state index >= 15 is 0 Å². The van der Waals surface area contributed by atoms with Crippen molar-refractivity contribution in [2.45, 2.75) is 45.4 Å². The zero-order valence-corrected chi connectivity index (χ0v) is 17.8. The highest BCUT2D eigenvalue weighted by atomic mass is 35.5. The van der Waals surface area contributed by atoms with E-state index in [9.17, 15) is 14.4 Å². The fourth-order valence-corrected chi connectivity index (χ4v) is 4.20. The molecule has 2 heterocycles. The van der Waals surface area contributed by atoms with Crippen LogP contribution < -0.4 is 0 Å². The first kappa shape index (κ1) is 20.5. The normalized spacial score (nSPS) is 19.7. The van der Waals surface area contributed by atoms with Crippen molar-refractivity contribution in [3.05, 3.63) is 31.2 Å². The molecular weight excluding hydrogens is 438 g/mol. The Hall–Kier alpha value is -1.21. The van der Waals surface area contributed by atoms with E-state index in [0.717, 1.165) is 4.90 Å². The second-order valence-corrected chi connectivity index (χ2v) is 8.79. The zero-order chi connectivity index (χ0) is 20.3. The highest BCUT2D eigenvalue weighted by molar-refractivity contribution is 6.55. The van der Waals surface area contributed by atoms with E-state index in [4.69, 9.17) is 51.1 Å². The van der Waals surface area contributed by atoms with Gasteiger partial charge in [-0.15, -0.1) is 0 Å². The van der Waals surface area contributed by atoms with Crippen molar-refractivity contribution in [3.8, 4) is 0 Å².